The van der Waals surface area contributed by atoms with Gasteiger partial charge < -0.3 is 29.4 Å². The molecule has 19 heteroatoms. The molecular weight excluding hydrogens is 869 g/mol. The van der Waals surface area contributed by atoms with Gasteiger partial charge in [-0.15, -0.1) is 13.2 Å². The van der Waals surface area contributed by atoms with E-state index >= 15 is 0 Å². The van der Waals surface area contributed by atoms with Crippen LogP contribution in [-0.4, -0.2) is 72.1 Å². The Morgan fingerprint density at radius 1 is 0.839 bits per heavy atom. The van der Waals surface area contributed by atoms with Crippen LogP contribution >= 0.6 is 11.6 Å². The molecule has 0 spiro atoms. The Labute approximate surface area is 363 Å². The number of aryl methyl sites for hydroxylation is 4. The molecule has 1 unspecified atom stereocenters. The van der Waals surface area contributed by atoms with Gasteiger partial charge in [-0.2, -0.15) is 0 Å². The number of anilines is 2. The van der Waals surface area contributed by atoms with Crippen molar-refractivity contribution >= 4 is 53.7 Å². The van der Waals surface area contributed by atoms with Gasteiger partial charge in [0, 0.05) is 29.1 Å². The van der Waals surface area contributed by atoms with Gasteiger partial charge in [0.15, 0.2) is 0 Å². The number of fused-ring (bicyclic) bond motifs is 1. The number of nitrogens with two attached hydrogens (primary N) is 1. The third kappa shape index (κ3) is 10.2. The van der Waals surface area contributed by atoms with Gasteiger partial charge in [0.25, 0.3) is 0 Å². The van der Waals surface area contributed by atoms with Crippen molar-refractivity contribution in [2.75, 3.05) is 34.1 Å². The first-order chi connectivity index (χ1) is 29.2. The molecule has 62 heavy (non-hydrogen) atoms. The fourth-order valence-corrected chi connectivity index (χ4v) is 11.6. The molecule has 332 valence electrons. The summed E-state index contributed by atoms with van der Waals surface area (Å²) < 4.78 is 102. The normalized spacial score (nSPS) is 17.4. The van der Waals surface area contributed by atoms with Crippen LogP contribution in [0.2, 0.25) is 5.02 Å². The van der Waals surface area contributed by atoms with Gasteiger partial charge in [-0.25, -0.2) is 21.8 Å². The third-order valence-electron chi connectivity index (χ3n) is 11.4. The fraction of sp³-hybridized carbons (Fsp3) is 0.419. The number of nitrogens with zero attached hydrogens (tertiary/aromatic N) is 4. The minimum Gasteiger partial charge on any atom is -0.404 e. The molecule has 13 nitrogen and oxygen atoms in total. The van der Waals surface area contributed by atoms with E-state index in [1.807, 2.05) is 71.0 Å². The van der Waals surface area contributed by atoms with E-state index in [2.05, 4.69) is 24.9 Å². The Morgan fingerprint density at radius 3 is 1.94 bits per heavy atom. The molecular formula is C43H48ClF3N6O7S2. The standard InChI is InChI=1S/C27H27ClF3N3O4S.C16H21N3O3S/c1-15(12-18-4-7-24(21(28)13-18)37-27(29,30)31)26-32-22-14-19(25-16(2)33-38-17(25)3)5-6-23(22)34(26)20-8-10-39(35,36)11-9-20;1-10-16(11(2)22-19-10)12-3-4-15(14(17)9-12)18-13-5-7-23(20,21)8-6-13/h4-7,13-15,20H,8-12H2,1-3H3;3-4,9,13,18H,5-8,17H2,1-2H3. The number of rotatable bonds is 9. The Bertz CT molecular complexity index is 2770. The number of hydrogen-bond acceptors (Lipinski definition) is 12. The summed E-state index contributed by atoms with van der Waals surface area (Å²) >= 11 is 6.09. The Balaban J connectivity index is 0.000000213. The molecule has 0 bridgehead atoms. The van der Waals surface area contributed by atoms with Crippen molar-refractivity contribution in [1.29, 1.82) is 0 Å². The average Bonchev–Trinajstić information content (AvgIpc) is 3.86. The van der Waals surface area contributed by atoms with Gasteiger partial charge in [-0.3, -0.25) is 0 Å². The van der Waals surface area contributed by atoms with Crippen LogP contribution < -0.4 is 15.8 Å². The number of halogens is 4. The molecule has 3 aromatic heterocycles. The van der Waals surface area contributed by atoms with Crippen LogP contribution in [0.3, 0.4) is 0 Å². The van der Waals surface area contributed by atoms with Crippen LogP contribution in [0, 0.1) is 27.7 Å². The minimum atomic E-state index is -4.83. The summed E-state index contributed by atoms with van der Waals surface area (Å²) in [4.78, 5) is 4.99. The van der Waals surface area contributed by atoms with Crippen molar-refractivity contribution in [3.8, 4) is 28.0 Å². The molecule has 0 amide bonds. The molecule has 0 aliphatic carbocycles. The summed E-state index contributed by atoms with van der Waals surface area (Å²) in [6.07, 6.45) is -2.18. The molecule has 3 aromatic carbocycles. The number of imidazole rings is 1. The van der Waals surface area contributed by atoms with Crippen molar-refractivity contribution in [1.82, 2.24) is 19.9 Å². The highest BCUT2D eigenvalue weighted by Gasteiger charge is 2.33. The Morgan fingerprint density at radius 2 is 1.40 bits per heavy atom. The van der Waals surface area contributed by atoms with Crippen molar-refractivity contribution in [3.63, 3.8) is 0 Å². The van der Waals surface area contributed by atoms with Crippen LogP contribution in [0.4, 0.5) is 24.5 Å². The molecule has 8 rings (SSSR count). The minimum absolute atomic E-state index is 0.0490. The molecule has 2 fully saturated rings. The number of aromatic nitrogens is 4. The number of ether oxygens (including phenoxy) is 1. The molecule has 3 N–H and O–H groups in total. The lowest BCUT2D eigenvalue weighted by Gasteiger charge is -2.27. The highest BCUT2D eigenvalue weighted by atomic mass is 35.5. The number of hydrogen-bond donors (Lipinski definition) is 2. The van der Waals surface area contributed by atoms with Crippen LogP contribution in [0.25, 0.3) is 33.3 Å². The maximum Gasteiger partial charge on any atom is 0.573 e. The number of nitrogen functional groups attached to an aromatic ring is 1. The zero-order chi connectivity index (χ0) is 44.7. The summed E-state index contributed by atoms with van der Waals surface area (Å²) in [5.74, 6) is 2.33. The maximum atomic E-state index is 12.6. The van der Waals surface area contributed by atoms with E-state index in [1.54, 1.807) is 6.07 Å². The highest BCUT2D eigenvalue weighted by Crippen LogP contribution is 2.38. The van der Waals surface area contributed by atoms with E-state index in [0.29, 0.717) is 43.6 Å². The molecule has 2 aliphatic heterocycles. The van der Waals surface area contributed by atoms with E-state index in [0.717, 1.165) is 67.5 Å². The SMILES string of the molecule is Cc1noc(C)c1-c1ccc(NC2CCS(=O)(=O)CC2)c(N)c1.Cc1noc(C)c1-c1ccc2c(c1)nc(C(C)Cc1ccc(OC(F)(F)F)c(Cl)c1)n2C1CCS(=O)(=O)CC1. The highest BCUT2D eigenvalue weighted by molar-refractivity contribution is 7.91. The zero-order valence-corrected chi connectivity index (χ0v) is 37.2. The Hall–Kier alpha value is -5.07. The van der Waals surface area contributed by atoms with Gasteiger partial charge >= 0.3 is 6.36 Å². The van der Waals surface area contributed by atoms with Crippen molar-refractivity contribution in [2.24, 2.45) is 0 Å². The van der Waals surface area contributed by atoms with Crippen LogP contribution in [-0.2, 0) is 26.1 Å². The third-order valence-corrected chi connectivity index (χ3v) is 15.1. The van der Waals surface area contributed by atoms with Gasteiger partial charge in [-0.1, -0.05) is 47.0 Å². The number of benzene rings is 3. The zero-order valence-electron chi connectivity index (χ0n) is 34.8. The molecule has 0 radical (unpaired) electrons. The summed E-state index contributed by atoms with van der Waals surface area (Å²) in [5, 5.41) is 11.2. The topological polar surface area (TPSA) is 185 Å². The quantitative estimate of drug-likeness (QED) is 0.131. The average molecular weight is 917 g/mol. The van der Waals surface area contributed by atoms with Gasteiger partial charge in [0.2, 0.25) is 0 Å². The summed E-state index contributed by atoms with van der Waals surface area (Å²) in [6, 6.07) is 16.1. The second kappa shape index (κ2) is 17.6. The first-order valence-corrected chi connectivity index (χ1v) is 24.2. The first kappa shape index (κ1) is 45.0. The fourth-order valence-electron chi connectivity index (χ4n) is 8.36. The van der Waals surface area contributed by atoms with E-state index in [1.165, 1.54) is 12.1 Å². The molecule has 2 saturated heterocycles. The van der Waals surface area contributed by atoms with Gasteiger partial charge in [0.1, 0.15) is 42.8 Å². The largest absolute Gasteiger partial charge is 0.573 e. The first-order valence-electron chi connectivity index (χ1n) is 20.2. The maximum absolute atomic E-state index is 12.6. The van der Waals surface area contributed by atoms with Crippen molar-refractivity contribution in [2.45, 2.75) is 91.1 Å². The monoisotopic (exact) mass is 916 g/mol. The lowest BCUT2D eigenvalue weighted by Crippen LogP contribution is -2.32. The Kier molecular flexibility index (Phi) is 12.8. The van der Waals surface area contributed by atoms with E-state index in [4.69, 9.17) is 31.4 Å². The summed E-state index contributed by atoms with van der Waals surface area (Å²) in [6.45, 7) is 9.49. The smallest absolute Gasteiger partial charge is 0.404 e. The second-order valence-electron chi connectivity index (χ2n) is 16.1. The molecule has 2 aliphatic rings. The van der Waals surface area contributed by atoms with Crippen LogP contribution in [0.5, 0.6) is 5.75 Å². The predicted octanol–water partition coefficient (Wildman–Crippen LogP) is 9.49. The lowest BCUT2D eigenvalue weighted by atomic mass is 9.99. The molecule has 1 atom stereocenters. The molecule has 5 heterocycles. The summed E-state index contributed by atoms with van der Waals surface area (Å²) in [7, 11) is -5.92. The van der Waals surface area contributed by atoms with Gasteiger partial charge in [-0.05, 0) is 113 Å². The molecule has 6 aromatic rings. The van der Waals surface area contributed by atoms with Gasteiger partial charge in [0.05, 0.1) is 61.8 Å². The summed E-state index contributed by atoms with van der Waals surface area (Å²) in [5.41, 5.74) is 15.4. The van der Waals surface area contributed by atoms with E-state index < -0.39 is 31.8 Å². The predicted molar refractivity (Wildman–Crippen MR) is 233 cm³/mol. The van der Waals surface area contributed by atoms with Crippen molar-refractivity contribution in [3.05, 3.63) is 93.9 Å². The lowest BCUT2D eigenvalue weighted by molar-refractivity contribution is -0.274. The van der Waals surface area contributed by atoms with Crippen LogP contribution in [0.1, 0.15) is 78.9 Å². The number of nitrogens with one attached hydrogen (secondary N) is 1. The second-order valence-corrected chi connectivity index (χ2v) is 21.1. The number of alkyl halides is 3. The van der Waals surface area contributed by atoms with E-state index in [9.17, 15) is 30.0 Å². The molecule has 0 saturated carbocycles. The van der Waals surface area contributed by atoms with Crippen molar-refractivity contribution < 1.29 is 43.8 Å². The van der Waals surface area contributed by atoms with E-state index in [-0.39, 0.29) is 46.0 Å². The number of sulfone groups is 2. The van der Waals surface area contributed by atoms with Crippen LogP contribution in [0.15, 0.2) is 63.6 Å².